The average Bonchev–Trinajstić information content (AvgIpc) is 3.17. The summed E-state index contributed by atoms with van der Waals surface area (Å²) in [4.78, 5) is 61.3. The summed E-state index contributed by atoms with van der Waals surface area (Å²) < 4.78 is 15.8. The van der Waals surface area contributed by atoms with Crippen molar-refractivity contribution in [3.63, 3.8) is 0 Å². The molecule has 1 atom stereocenters. The normalized spacial score (nSPS) is 13.8. The highest BCUT2D eigenvalue weighted by Crippen LogP contribution is 2.42. The number of anilines is 1. The number of alkyl carbamates (subject to hydrolysis) is 1. The lowest BCUT2D eigenvalue weighted by Gasteiger charge is -2.26. The van der Waals surface area contributed by atoms with Crippen LogP contribution in [0.1, 0.15) is 59.9 Å². The van der Waals surface area contributed by atoms with Crippen molar-refractivity contribution in [1.29, 1.82) is 0 Å². The number of carboxylic acid groups (broad SMARTS) is 1. The second-order valence-corrected chi connectivity index (χ2v) is 10.4. The molecule has 204 valence electrons. The Morgan fingerprint density at radius 2 is 1.73 bits per heavy atom. The molecule has 2 N–H and O–H groups in total. The molecule has 1 aliphatic heterocycles. The first-order chi connectivity index (χ1) is 17.0. The lowest BCUT2D eigenvalue weighted by molar-refractivity contribution is -0.384. The van der Waals surface area contributed by atoms with E-state index in [2.05, 4.69) is 5.32 Å². The van der Waals surface area contributed by atoms with E-state index in [1.54, 1.807) is 41.5 Å². The Kier molecular flexibility index (Phi) is 9.07. The van der Waals surface area contributed by atoms with Gasteiger partial charge < -0.3 is 29.5 Å². The summed E-state index contributed by atoms with van der Waals surface area (Å²) in [5.41, 5.74) is -1.64. The molecule has 0 saturated carbocycles. The number of nitrogens with zero attached hydrogens (tertiary/aromatic N) is 2. The van der Waals surface area contributed by atoms with Gasteiger partial charge in [-0.15, -0.1) is 0 Å². The zero-order valence-electron chi connectivity index (χ0n) is 21.8. The van der Waals surface area contributed by atoms with Gasteiger partial charge in [-0.05, 0) is 60.5 Å². The van der Waals surface area contributed by atoms with Crippen molar-refractivity contribution in [2.24, 2.45) is 0 Å². The molecule has 37 heavy (non-hydrogen) atoms. The fourth-order valence-electron chi connectivity index (χ4n) is 3.63. The second kappa shape index (κ2) is 11.4. The van der Waals surface area contributed by atoms with Crippen molar-refractivity contribution < 1.29 is 43.4 Å². The molecule has 0 bridgehead atoms. The molecule has 13 nitrogen and oxygen atoms in total. The average molecular weight is 524 g/mol. The van der Waals surface area contributed by atoms with Gasteiger partial charge in [-0.25, -0.2) is 14.4 Å². The lowest BCUT2D eigenvalue weighted by Crippen LogP contribution is -2.46. The third kappa shape index (κ3) is 8.62. The first-order valence-corrected chi connectivity index (χ1v) is 11.7. The number of amides is 2. The molecule has 0 fully saturated rings. The van der Waals surface area contributed by atoms with Crippen LogP contribution in [0, 0.1) is 10.1 Å². The van der Waals surface area contributed by atoms with Crippen LogP contribution in [-0.4, -0.2) is 64.4 Å². The monoisotopic (exact) mass is 523 g/mol. The van der Waals surface area contributed by atoms with Gasteiger partial charge in [0.15, 0.2) is 6.61 Å². The maximum Gasteiger partial charge on any atom is 0.408 e. The molecule has 2 rings (SSSR count). The molecule has 0 aliphatic carbocycles. The van der Waals surface area contributed by atoms with Gasteiger partial charge in [-0.2, -0.15) is 0 Å². The maximum atomic E-state index is 13.2. The first-order valence-electron chi connectivity index (χ1n) is 11.7. The van der Waals surface area contributed by atoms with Gasteiger partial charge in [-0.3, -0.25) is 14.9 Å². The molecule has 1 aromatic rings. The highest BCUT2D eigenvalue weighted by atomic mass is 16.6. The highest BCUT2D eigenvalue weighted by molar-refractivity contribution is 5.99. The van der Waals surface area contributed by atoms with Gasteiger partial charge in [0.25, 0.3) is 5.69 Å². The number of carboxylic acids is 1. The van der Waals surface area contributed by atoms with Gasteiger partial charge in [0.1, 0.15) is 28.7 Å². The maximum absolute atomic E-state index is 13.2. The molecule has 0 saturated heterocycles. The van der Waals surface area contributed by atoms with Crippen LogP contribution in [0.2, 0.25) is 0 Å². The van der Waals surface area contributed by atoms with Gasteiger partial charge in [-0.1, -0.05) is 0 Å². The summed E-state index contributed by atoms with van der Waals surface area (Å²) >= 11 is 0. The Balaban J connectivity index is 2.25. The fourth-order valence-corrected chi connectivity index (χ4v) is 3.63. The van der Waals surface area contributed by atoms with E-state index < -0.39 is 52.7 Å². The Morgan fingerprint density at radius 3 is 2.27 bits per heavy atom. The first kappa shape index (κ1) is 29.3. The summed E-state index contributed by atoms with van der Waals surface area (Å²) in [6, 6.07) is 1.24. The Morgan fingerprint density at radius 1 is 1.11 bits per heavy atom. The van der Waals surface area contributed by atoms with Crippen molar-refractivity contribution in [3.05, 3.63) is 27.8 Å². The van der Waals surface area contributed by atoms with Crippen LogP contribution in [0.3, 0.4) is 0 Å². The van der Waals surface area contributed by atoms with Crippen LogP contribution in [0.25, 0.3) is 0 Å². The van der Waals surface area contributed by atoms with E-state index in [9.17, 15) is 29.3 Å². The molecule has 2 amide bonds. The SMILES string of the molecule is CC(C)(C)OC(=O)N[C@@H](CCC(=O)N1CCc2c(OCC(=O)O)ccc([N+](=O)[O-])c21)C(=O)OC(C)(C)C. The van der Waals surface area contributed by atoms with Crippen LogP contribution in [0.5, 0.6) is 5.75 Å². The second-order valence-electron chi connectivity index (χ2n) is 10.4. The number of fused-ring (bicyclic) bond motifs is 1. The topological polar surface area (TPSA) is 175 Å². The van der Waals surface area contributed by atoms with E-state index in [1.807, 2.05) is 0 Å². The van der Waals surface area contributed by atoms with Crippen molar-refractivity contribution in [2.75, 3.05) is 18.1 Å². The molecule has 0 radical (unpaired) electrons. The number of hydrogen-bond acceptors (Lipinski definition) is 9. The van der Waals surface area contributed by atoms with Crippen LogP contribution in [0.15, 0.2) is 12.1 Å². The molecular formula is C24H33N3O10. The minimum absolute atomic E-state index is 0.0202. The quantitative estimate of drug-likeness (QED) is 0.278. The van der Waals surface area contributed by atoms with Crippen LogP contribution in [0.4, 0.5) is 16.2 Å². The number of nitro benzene ring substituents is 1. The summed E-state index contributed by atoms with van der Waals surface area (Å²) in [6.07, 6.45) is -1.06. The number of aliphatic carboxylic acids is 1. The van der Waals surface area contributed by atoms with Crippen molar-refractivity contribution in [3.8, 4) is 5.75 Å². The smallest absolute Gasteiger partial charge is 0.408 e. The number of nitro groups is 1. The lowest BCUT2D eigenvalue weighted by atomic mass is 10.1. The molecule has 1 aromatic carbocycles. The minimum atomic E-state index is -1.22. The molecule has 0 unspecified atom stereocenters. The van der Waals surface area contributed by atoms with Crippen molar-refractivity contribution >= 4 is 35.3 Å². The third-order valence-electron chi connectivity index (χ3n) is 4.95. The summed E-state index contributed by atoms with van der Waals surface area (Å²) in [5.74, 6) is -2.37. The van der Waals surface area contributed by atoms with Gasteiger partial charge in [0, 0.05) is 24.6 Å². The highest BCUT2D eigenvalue weighted by Gasteiger charge is 2.36. The number of benzene rings is 1. The molecule has 1 heterocycles. The number of carbonyl (C=O) groups excluding carboxylic acids is 3. The number of rotatable bonds is 9. The number of carbonyl (C=O) groups is 4. The number of ether oxygens (including phenoxy) is 3. The molecule has 0 spiro atoms. The van der Waals surface area contributed by atoms with Crippen molar-refractivity contribution in [1.82, 2.24) is 5.32 Å². The minimum Gasteiger partial charge on any atom is -0.482 e. The summed E-state index contributed by atoms with van der Waals surface area (Å²) in [5, 5.41) is 23.0. The van der Waals surface area contributed by atoms with Crippen LogP contribution < -0.4 is 15.0 Å². The van der Waals surface area contributed by atoms with E-state index in [4.69, 9.17) is 19.3 Å². The predicted octanol–water partition coefficient (Wildman–Crippen LogP) is 2.96. The predicted molar refractivity (Wildman–Crippen MR) is 131 cm³/mol. The zero-order valence-corrected chi connectivity index (χ0v) is 21.8. The molecule has 0 aromatic heterocycles. The summed E-state index contributed by atoms with van der Waals surface area (Å²) in [7, 11) is 0. The van der Waals surface area contributed by atoms with E-state index >= 15 is 0 Å². The van der Waals surface area contributed by atoms with E-state index in [0.717, 1.165) is 6.07 Å². The van der Waals surface area contributed by atoms with E-state index in [0.29, 0.717) is 5.56 Å². The zero-order chi connectivity index (χ0) is 28.1. The van der Waals surface area contributed by atoms with Crippen LogP contribution >= 0.6 is 0 Å². The third-order valence-corrected chi connectivity index (χ3v) is 4.95. The number of hydrogen-bond donors (Lipinski definition) is 2. The van der Waals surface area contributed by atoms with Crippen molar-refractivity contribution in [2.45, 2.75) is 78.0 Å². The van der Waals surface area contributed by atoms with E-state index in [-0.39, 0.29) is 42.9 Å². The fraction of sp³-hybridized carbons (Fsp3) is 0.583. The Hall–Kier alpha value is -3.90. The number of nitrogens with one attached hydrogen (secondary N) is 1. The van der Waals surface area contributed by atoms with Gasteiger partial charge in [0.05, 0.1) is 4.92 Å². The summed E-state index contributed by atoms with van der Waals surface area (Å²) in [6.45, 7) is 9.39. The molecular weight excluding hydrogens is 490 g/mol. The molecule has 1 aliphatic rings. The standard InChI is InChI=1S/C24H33N3O10/c1-23(2,3)36-21(31)15(25-22(32)37-24(4,5)6)7-10-18(28)26-12-11-14-17(35-13-19(29)30)9-8-16(20(14)26)27(33)34/h8-9,15H,7,10-13H2,1-6H3,(H,25,32)(H,29,30)/t15-/m0/s1. The number of esters is 1. The van der Waals surface area contributed by atoms with E-state index in [1.165, 1.54) is 11.0 Å². The molecule has 13 heteroatoms. The Labute approximate surface area is 214 Å². The van der Waals surface area contributed by atoms with Gasteiger partial charge in [0.2, 0.25) is 5.91 Å². The largest absolute Gasteiger partial charge is 0.482 e. The van der Waals surface area contributed by atoms with Gasteiger partial charge >= 0.3 is 18.0 Å². The van der Waals surface area contributed by atoms with Crippen LogP contribution in [-0.2, 0) is 30.3 Å². The Bertz CT molecular complexity index is 1070.